The molecule has 0 aromatic carbocycles. The van der Waals surface area contributed by atoms with Crippen LogP contribution in [0.1, 0.15) is 11.3 Å². The van der Waals surface area contributed by atoms with Gasteiger partial charge in [-0.2, -0.15) is 5.10 Å². The first-order valence-corrected chi connectivity index (χ1v) is 3.67. The van der Waals surface area contributed by atoms with Gasteiger partial charge in [0.1, 0.15) is 0 Å². The summed E-state index contributed by atoms with van der Waals surface area (Å²) in [4.78, 5) is 10.1. The van der Waals surface area contributed by atoms with Crippen LogP contribution in [-0.2, 0) is 7.05 Å². The van der Waals surface area contributed by atoms with Crippen LogP contribution in [0.15, 0.2) is 6.20 Å². The van der Waals surface area contributed by atoms with Crippen LogP contribution in [0.25, 0.3) is 0 Å². The minimum absolute atomic E-state index is 0.197. The lowest BCUT2D eigenvalue weighted by atomic mass is 10.4. The van der Waals surface area contributed by atoms with E-state index in [4.69, 9.17) is 16.7 Å². The zero-order valence-electron chi connectivity index (χ0n) is 6.57. The van der Waals surface area contributed by atoms with Gasteiger partial charge in [0.05, 0.1) is 6.20 Å². The van der Waals surface area contributed by atoms with E-state index in [0.717, 1.165) is 0 Å². The van der Waals surface area contributed by atoms with Gasteiger partial charge in [-0.05, 0) is 0 Å². The molecule has 0 aliphatic carbocycles. The number of carbonyl (C=O) groups is 1. The van der Waals surface area contributed by atoms with E-state index >= 15 is 0 Å². The van der Waals surface area contributed by atoms with Crippen molar-refractivity contribution < 1.29 is 19.0 Å². The van der Waals surface area contributed by atoms with Crippen molar-refractivity contribution >= 4 is 17.8 Å². The van der Waals surface area contributed by atoms with E-state index in [-0.39, 0.29) is 11.4 Å². The molecule has 0 radical (unpaired) electrons. The molecule has 1 rings (SSSR count). The van der Waals surface area contributed by atoms with E-state index in [1.807, 2.05) is 0 Å². The fraction of sp³-hybridized carbons (Fsp3) is 0.333. The Balaban J connectivity index is 2.97. The first kappa shape index (κ1) is 9.79. The van der Waals surface area contributed by atoms with Gasteiger partial charge in [-0.3, -0.25) is 4.68 Å². The Morgan fingerprint density at radius 3 is 3.00 bits per heavy atom. The van der Waals surface area contributed by atoms with Gasteiger partial charge in [-0.15, -0.1) is 0 Å². The Morgan fingerprint density at radius 1 is 1.92 bits per heavy atom. The topological polar surface area (TPSA) is 64.3 Å². The summed E-state index contributed by atoms with van der Waals surface area (Å²) in [5.74, 6) is -0.197. The molecular weight excluding hydrogens is 203 g/mol. The van der Waals surface area contributed by atoms with Gasteiger partial charge < -0.3 is 9.84 Å². The van der Waals surface area contributed by atoms with Gasteiger partial charge >= 0.3 is 6.16 Å². The molecule has 72 valence electrons. The highest BCUT2D eigenvalue weighted by molar-refractivity contribution is 6.19. The van der Waals surface area contributed by atoms with Crippen LogP contribution in [0.3, 0.4) is 0 Å². The Hall–Kier alpha value is -1.30. The lowest BCUT2D eigenvalue weighted by Gasteiger charge is -1.98. The monoisotopic (exact) mass is 208 g/mol. The van der Waals surface area contributed by atoms with Crippen LogP contribution in [-0.4, -0.2) is 21.0 Å². The number of hydrogen-bond acceptors (Lipinski definition) is 3. The number of alkyl halides is 2. The standard InChI is InChI=1S/C6H6ClFN2O3/c1-10-2-3(13-6(11)12)4(9-10)5(7)8/h2,5H,1H3,(H,11,12). The van der Waals surface area contributed by atoms with Crippen molar-refractivity contribution in [2.24, 2.45) is 7.05 Å². The van der Waals surface area contributed by atoms with E-state index in [1.165, 1.54) is 17.9 Å². The van der Waals surface area contributed by atoms with Crippen LogP contribution in [0.5, 0.6) is 5.75 Å². The van der Waals surface area contributed by atoms with Crippen molar-refractivity contribution in [3.05, 3.63) is 11.9 Å². The van der Waals surface area contributed by atoms with Gasteiger partial charge in [-0.25, -0.2) is 9.18 Å². The molecule has 5 nitrogen and oxygen atoms in total. The Bertz CT molecular complexity index is 326. The van der Waals surface area contributed by atoms with Crippen LogP contribution >= 0.6 is 11.6 Å². The highest BCUT2D eigenvalue weighted by atomic mass is 35.5. The molecule has 0 spiro atoms. The molecule has 7 heteroatoms. The highest BCUT2D eigenvalue weighted by Gasteiger charge is 2.19. The van der Waals surface area contributed by atoms with Gasteiger partial charge in [0.2, 0.25) is 5.63 Å². The SMILES string of the molecule is Cn1cc(OC(=O)O)c(C(F)Cl)n1. The largest absolute Gasteiger partial charge is 0.511 e. The van der Waals surface area contributed by atoms with Crippen LogP contribution in [0, 0.1) is 0 Å². The van der Waals surface area contributed by atoms with Gasteiger partial charge in [-0.1, -0.05) is 11.6 Å². The lowest BCUT2D eigenvalue weighted by molar-refractivity contribution is 0.143. The molecule has 0 aliphatic rings. The second-order valence-corrected chi connectivity index (χ2v) is 2.60. The van der Waals surface area contributed by atoms with Crippen molar-refractivity contribution in [1.29, 1.82) is 0 Å². The summed E-state index contributed by atoms with van der Waals surface area (Å²) in [5, 5.41) is 11.8. The van der Waals surface area contributed by atoms with Crippen molar-refractivity contribution in [3.63, 3.8) is 0 Å². The van der Waals surface area contributed by atoms with Crippen molar-refractivity contribution in [2.45, 2.75) is 5.63 Å². The van der Waals surface area contributed by atoms with E-state index in [2.05, 4.69) is 9.84 Å². The minimum Gasteiger partial charge on any atom is -0.449 e. The smallest absolute Gasteiger partial charge is 0.449 e. The molecule has 0 fully saturated rings. The zero-order valence-corrected chi connectivity index (χ0v) is 7.32. The zero-order chi connectivity index (χ0) is 10.0. The molecule has 1 aromatic rings. The summed E-state index contributed by atoms with van der Waals surface area (Å²) in [6.45, 7) is 0. The third-order valence-corrected chi connectivity index (χ3v) is 1.43. The van der Waals surface area contributed by atoms with E-state index in [9.17, 15) is 9.18 Å². The maximum absolute atomic E-state index is 12.6. The Morgan fingerprint density at radius 2 is 2.54 bits per heavy atom. The number of hydrogen-bond donors (Lipinski definition) is 1. The summed E-state index contributed by atoms with van der Waals surface area (Å²) >= 11 is 5.09. The Labute approximate surface area is 77.7 Å². The van der Waals surface area contributed by atoms with Crippen LogP contribution in [0.4, 0.5) is 9.18 Å². The van der Waals surface area contributed by atoms with Crippen LogP contribution < -0.4 is 4.74 Å². The fourth-order valence-corrected chi connectivity index (χ4v) is 0.959. The van der Waals surface area contributed by atoms with E-state index < -0.39 is 11.8 Å². The lowest BCUT2D eigenvalue weighted by Crippen LogP contribution is -2.04. The summed E-state index contributed by atoms with van der Waals surface area (Å²) in [6, 6.07) is 0. The first-order valence-electron chi connectivity index (χ1n) is 3.23. The number of halogens is 2. The molecule has 1 unspecified atom stereocenters. The molecule has 1 atom stereocenters. The molecule has 1 heterocycles. The third kappa shape index (κ3) is 2.32. The highest BCUT2D eigenvalue weighted by Crippen LogP contribution is 2.28. The molecule has 0 bridgehead atoms. The van der Waals surface area contributed by atoms with Crippen LogP contribution in [0.2, 0.25) is 0 Å². The minimum atomic E-state index is -1.88. The Kier molecular flexibility index (Phi) is 2.72. The predicted octanol–water partition coefficient (Wildman–Crippen LogP) is 1.68. The molecule has 0 aliphatic heterocycles. The molecule has 0 saturated heterocycles. The number of nitrogens with zero attached hydrogens (tertiary/aromatic N) is 2. The fourth-order valence-electron chi connectivity index (χ4n) is 0.808. The number of aryl methyl sites for hydroxylation is 1. The molecule has 1 aromatic heterocycles. The molecular formula is C6H6ClFN2O3. The molecule has 0 saturated carbocycles. The molecule has 13 heavy (non-hydrogen) atoms. The maximum Gasteiger partial charge on any atom is 0.511 e. The van der Waals surface area contributed by atoms with Gasteiger partial charge in [0.25, 0.3) is 0 Å². The number of carboxylic acid groups (broad SMARTS) is 1. The van der Waals surface area contributed by atoms with E-state index in [0.29, 0.717) is 0 Å². The summed E-state index contributed by atoms with van der Waals surface area (Å²) in [6.07, 6.45) is -0.315. The predicted molar refractivity (Wildman–Crippen MR) is 41.6 cm³/mol. The van der Waals surface area contributed by atoms with Gasteiger partial charge in [0.15, 0.2) is 11.4 Å². The summed E-state index contributed by atoms with van der Waals surface area (Å²) < 4.78 is 18.0. The summed E-state index contributed by atoms with van der Waals surface area (Å²) in [7, 11) is 1.50. The third-order valence-electron chi connectivity index (χ3n) is 1.23. The molecule has 0 amide bonds. The van der Waals surface area contributed by atoms with E-state index in [1.54, 1.807) is 0 Å². The normalized spacial score (nSPS) is 12.5. The number of aromatic nitrogens is 2. The second kappa shape index (κ2) is 3.61. The average molecular weight is 209 g/mol. The number of rotatable bonds is 2. The van der Waals surface area contributed by atoms with Crippen molar-refractivity contribution in [3.8, 4) is 5.75 Å². The first-order chi connectivity index (χ1) is 6.00. The number of ether oxygens (including phenoxy) is 1. The van der Waals surface area contributed by atoms with Crippen molar-refractivity contribution in [2.75, 3.05) is 0 Å². The average Bonchev–Trinajstić information content (AvgIpc) is 2.29. The summed E-state index contributed by atoms with van der Waals surface area (Å²) in [5.41, 5.74) is -2.12. The van der Waals surface area contributed by atoms with Gasteiger partial charge in [0, 0.05) is 7.05 Å². The molecule has 1 N–H and O–H groups in total. The maximum atomic E-state index is 12.6. The second-order valence-electron chi connectivity index (χ2n) is 2.22. The van der Waals surface area contributed by atoms with Crippen molar-refractivity contribution in [1.82, 2.24) is 9.78 Å². The quantitative estimate of drug-likeness (QED) is 0.593.